The van der Waals surface area contributed by atoms with Gasteiger partial charge in [0.15, 0.2) is 16.0 Å². The number of fused-ring (bicyclic) bond motifs is 1. The molecule has 12 heteroatoms. The molecule has 0 radical (unpaired) electrons. The first-order valence-electron chi connectivity index (χ1n) is 8.76. The molecule has 0 aliphatic carbocycles. The lowest BCUT2D eigenvalue weighted by atomic mass is 10.2. The van der Waals surface area contributed by atoms with E-state index in [-0.39, 0.29) is 32.8 Å². The fraction of sp³-hybridized carbons (Fsp3) is 0.278. The second-order valence-electron chi connectivity index (χ2n) is 6.65. The van der Waals surface area contributed by atoms with Crippen LogP contribution in [0, 0.1) is 0 Å². The van der Waals surface area contributed by atoms with Crippen LogP contribution in [-0.2, 0) is 31.1 Å². The van der Waals surface area contributed by atoms with Crippen LogP contribution in [0.5, 0.6) is 0 Å². The third-order valence-corrected chi connectivity index (χ3v) is 8.78. The molecule has 30 heavy (non-hydrogen) atoms. The van der Waals surface area contributed by atoms with E-state index < -0.39 is 44.3 Å². The first kappa shape index (κ1) is 22.8. The van der Waals surface area contributed by atoms with Crippen LogP contribution >= 0.6 is 23.2 Å². The van der Waals surface area contributed by atoms with E-state index in [9.17, 15) is 26.7 Å². The number of carboxylic acids is 1. The van der Waals surface area contributed by atoms with Crippen molar-refractivity contribution < 1.29 is 26.7 Å². The van der Waals surface area contributed by atoms with E-state index in [1.54, 1.807) is 24.3 Å². The zero-order chi connectivity index (χ0) is 22.1. The predicted molar refractivity (Wildman–Crippen MR) is 114 cm³/mol. The van der Waals surface area contributed by atoms with Gasteiger partial charge >= 0.3 is 5.97 Å². The maximum absolute atomic E-state index is 13.0. The summed E-state index contributed by atoms with van der Waals surface area (Å²) in [5.41, 5.74) is 0.775. The number of aliphatic carboxylic acids is 1. The van der Waals surface area contributed by atoms with E-state index in [4.69, 9.17) is 23.2 Å². The van der Waals surface area contributed by atoms with Gasteiger partial charge in [-0.05, 0) is 24.1 Å². The molecule has 3 rings (SSSR count). The minimum Gasteiger partial charge on any atom is -0.479 e. The number of halogens is 2. The Morgan fingerprint density at radius 2 is 1.80 bits per heavy atom. The number of hydrogen-bond donors (Lipinski definition) is 2. The molecule has 1 aliphatic heterocycles. The molecule has 1 aliphatic rings. The van der Waals surface area contributed by atoms with Crippen LogP contribution in [0.15, 0.2) is 47.4 Å². The van der Waals surface area contributed by atoms with Crippen molar-refractivity contribution in [2.75, 3.05) is 23.4 Å². The van der Waals surface area contributed by atoms with Crippen molar-refractivity contribution in [2.45, 2.75) is 17.5 Å². The second kappa shape index (κ2) is 8.72. The molecule has 0 fully saturated rings. The lowest BCUT2D eigenvalue weighted by Gasteiger charge is -2.35. The average molecular weight is 493 g/mol. The Kier molecular flexibility index (Phi) is 6.63. The summed E-state index contributed by atoms with van der Waals surface area (Å²) in [7, 11) is -8.03. The van der Waals surface area contributed by atoms with Gasteiger partial charge in [0.2, 0.25) is 10.0 Å². The van der Waals surface area contributed by atoms with Gasteiger partial charge in [-0.15, -0.1) is 0 Å². The number of nitrogens with zero attached hydrogens (tertiary/aromatic N) is 1. The van der Waals surface area contributed by atoms with Crippen LogP contribution < -0.4 is 5.32 Å². The molecule has 0 saturated heterocycles. The molecule has 1 atom stereocenters. The van der Waals surface area contributed by atoms with Gasteiger partial charge in [0.05, 0.1) is 22.2 Å². The van der Waals surface area contributed by atoms with Crippen molar-refractivity contribution in [1.82, 2.24) is 4.31 Å². The lowest BCUT2D eigenvalue weighted by Crippen LogP contribution is -2.54. The molecule has 0 spiro atoms. The van der Waals surface area contributed by atoms with Crippen molar-refractivity contribution >= 4 is 54.7 Å². The summed E-state index contributed by atoms with van der Waals surface area (Å²) in [6, 6.07) is 11.4. The molecule has 0 saturated carbocycles. The third-order valence-electron chi connectivity index (χ3n) is 4.56. The number of benzene rings is 2. The molecule has 2 N–H and O–H groups in total. The standard InChI is InChI=1S/C18H18Cl2N2O6S2/c19-13-10-14(20)16-15(11-13)21-17(18(23)24)22(30(16,27)28)7-9-29(25,26)8-6-12-4-2-1-3-5-12/h1-5,10-11,17,21H,6-9H2,(H,23,24). The highest BCUT2D eigenvalue weighted by Gasteiger charge is 2.43. The smallest absolute Gasteiger partial charge is 0.342 e. The van der Waals surface area contributed by atoms with E-state index >= 15 is 0 Å². The Morgan fingerprint density at radius 3 is 2.43 bits per heavy atom. The monoisotopic (exact) mass is 492 g/mol. The summed E-state index contributed by atoms with van der Waals surface area (Å²) in [5.74, 6) is -2.21. The highest BCUT2D eigenvalue weighted by atomic mass is 35.5. The van der Waals surface area contributed by atoms with Crippen LogP contribution in [0.3, 0.4) is 0 Å². The normalized spacial score (nSPS) is 18.4. The topological polar surface area (TPSA) is 121 Å². The maximum atomic E-state index is 13.0. The van der Waals surface area contributed by atoms with Gasteiger partial charge in [-0.1, -0.05) is 53.5 Å². The summed E-state index contributed by atoms with van der Waals surface area (Å²) in [4.78, 5) is 11.3. The van der Waals surface area contributed by atoms with Gasteiger partial charge in [-0.2, -0.15) is 4.31 Å². The quantitative estimate of drug-likeness (QED) is 0.608. The van der Waals surface area contributed by atoms with E-state index in [0.29, 0.717) is 4.31 Å². The van der Waals surface area contributed by atoms with Crippen LogP contribution in [0.1, 0.15) is 5.56 Å². The molecule has 1 unspecified atom stereocenters. The fourth-order valence-corrected chi connectivity index (χ4v) is 6.90. The number of sulfone groups is 1. The average Bonchev–Trinajstić information content (AvgIpc) is 2.65. The van der Waals surface area contributed by atoms with E-state index in [0.717, 1.165) is 5.56 Å². The summed E-state index contributed by atoms with van der Waals surface area (Å²) in [6.07, 6.45) is -1.43. The first-order valence-corrected chi connectivity index (χ1v) is 12.8. The molecular weight excluding hydrogens is 475 g/mol. The van der Waals surface area contributed by atoms with Crippen molar-refractivity contribution in [3.05, 3.63) is 58.1 Å². The molecule has 0 aromatic heterocycles. The Labute approximate surface area is 184 Å². The number of carbonyl (C=O) groups is 1. The molecular formula is C18H18Cl2N2O6S2. The number of rotatable bonds is 7. The maximum Gasteiger partial charge on any atom is 0.342 e. The molecule has 1 heterocycles. The molecule has 2 aromatic rings. The van der Waals surface area contributed by atoms with Gasteiger partial charge in [-0.3, -0.25) is 0 Å². The van der Waals surface area contributed by atoms with Gasteiger partial charge in [0.1, 0.15) is 4.90 Å². The lowest BCUT2D eigenvalue weighted by molar-refractivity contribution is -0.140. The summed E-state index contributed by atoms with van der Waals surface area (Å²) in [6.45, 7) is -0.540. The minimum atomic E-state index is -4.38. The summed E-state index contributed by atoms with van der Waals surface area (Å²) in [5, 5.41) is 12.0. The van der Waals surface area contributed by atoms with Crippen LogP contribution in [-0.4, -0.2) is 56.4 Å². The van der Waals surface area contributed by atoms with Crippen molar-refractivity contribution in [1.29, 1.82) is 0 Å². The zero-order valence-electron chi connectivity index (χ0n) is 15.5. The van der Waals surface area contributed by atoms with E-state index in [2.05, 4.69) is 5.32 Å². The Morgan fingerprint density at radius 1 is 1.13 bits per heavy atom. The number of sulfonamides is 1. The first-order chi connectivity index (χ1) is 14.0. The number of carboxylic acid groups (broad SMARTS) is 1. The van der Waals surface area contributed by atoms with Crippen LogP contribution in [0.4, 0.5) is 5.69 Å². The molecule has 0 amide bonds. The number of anilines is 1. The highest BCUT2D eigenvalue weighted by Crippen LogP contribution is 2.39. The largest absolute Gasteiger partial charge is 0.479 e. The molecule has 2 aromatic carbocycles. The number of aryl methyl sites for hydroxylation is 1. The Balaban J connectivity index is 1.83. The van der Waals surface area contributed by atoms with Gasteiger partial charge in [0.25, 0.3) is 0 Å². The van der Waals surface area contributed by atoms with Crippen molar-refractivity contribution in [2.24, 2.45) is 0 Å². The second-order valence-corrected chi connectivity index (χ2v) is 11.6. The fourth-order valence-electron chi connectivity index (χ4n) is 3.09. The molecule has 8 nitrogen and oxygen atoms in total. The van der Waals surface area contributed by atoms with Gasteiger partial charge in [-0.25, -0.2) is 21.6 Å². The summed E-state index contributed by atoms with van der Waals surface area (Å²) >= 11 is 11.9. The van der Waals surface area contributed by atoms with E-state index in [1.165, 1.54) is 12.1 Å². The Hall–Kier alpha value is -1.85. The third kappa shape index (κ3) is 4.89. The number of nitrogens with one attached hydrogen (secondary N) is 1. The summed E-state index contributed by atoms with van der Waals surface area (Å²) < 4.78 is 51.6. The van der Waals surface area contributed by atoms with Crippen molar-refractivity contribution in [3.63, 3.8) is 0 Å². The zero-order valence-corrected chi connectivity index (χ0v) is 18.6. The van der Waals surface area contributed by atoms with Crippen molar-refractivity contribution in [3.8, 4) is 0 Å². The molecule has 0 bridgehead atoms. The predicted octanol–water partition coefficient (Wildman–Crippen LogP) is 2.48. The molecule has 162 valence electrons. The Bertz CT molecular complexity index is 1170. The van der Waals surface area contributed by atoms with E-state index in [1.807, 2.05) is 6.07 Å². The van der Waals surface area contributed by atoms with Crippen LogP contribution in [0.25, 0.3) is 0 Å². The van der Waals surface area contributed by atoms with Gasteiger partial charge < -0.3 is 10.4 Å². The highest BCUT2D eigenvalue weighted by molar-refractivity contribution is 7.91. The minimum absolute atomic E-state index is 0.0527. The SMILES string of the molecule is O=C(O)C1Nc2cc(Cl)cc(Cl)c2S(=O)(=O)N1CCS(=O)(=O)CCc1ccccc1. The van der Waals surface area contributed by atoms with Gasteiger partial charge in [0, 0.05) is 11.6 Å². The number of hydrogen-bond acceptors (Lipinski definition) is 6. The van der Waals surface area contributed by atoms with Crippen LogP contribution in [0.2, 0.25) is 10.0 Å².